The number of hydrogen-bond donors (Lipinski definition) is 2. The Morgan fingerprint density at radius 1 is 0.897 bits per heavy atom. The standard InChI is InChI=1S/C24H27F3N2/c1-3-23(28-2,22-15-7-12-19-11-4-5-14-21(19)22)29-16-8-10-18-9-6-13-20(17-18)24(25,26)27/h4-7,9,11-15,17,28-29H,3,8,10,16H2,1-2H3. The van der Waals surface area contributed by atoms with Gasteiger partial charge in [0.2, 0.25) is 0 Å². The number of fused-ring (bicyclic) bond motifs is 1. The zero-order chi connectivity index (χ0) is 20.9. The fourth-order valence-corrected chi connectivity index (χ4v) is 3.91. The molecule has 5 heteroatoms. The third kappa shape index (κ3) is 4.80. The molecule has 29 heavy (non-hydrogen) atoms. The van der Waals surface area contributed by atoms with Crippen LogP contribution in [0.2, 0.25) is 0 Å². The Balaban J connectivity index is 1.72. The summed E-state index contributed by atoms with van der Waals surface area (Å²) in [4.78, 5) is 0. The van der Waals surface area contributed by atoms with Crippen LogP contribution in [0.3, 0.4) is 0 Å². The first-order valence-electron chi connectivity index (χ1n) is 9.98. The van der Waals surface area contributed by atoms with Gasteiger partial charge >= 0.3 is 6.18 Å². The monoisotopic (exact) mass is 400 g/mol. The maximum Gasteiger partial charge on any atom is 0.416 e. The van der Waals surface area contributed by atoms with Crippen LogP contribution in [-0.4, -0.2) is 13.6 Å². The van der Waals surface area contributed by atoms with Crippen molar-refractivity contribution in [2.45, 2.75) is 38.0 Å². The molecule has 2 N–H and O–H groups in total. The molecule has 0 saturated carbocycles. The predicted octanol–water partition coefficient (Wildman–Crippen LogP) is 5.86. The Bertz CT molecular complexity index is 941. The van der Waals surface area contributed by atoms with Gasteiger partial charge in [-0.05, 0) is 60.8 Å². The minimum absolute atomic E-state index is 0.394. The molecule has 3 aromatic carbocycles. The van der Waals surface area contributed by atoms with E-state index < -0.39 is 17.4 Å². The van der Waals surface area contributed by atoms with Crippen LogP contribution in [0.25, 0.3) is 10.8 Å². The lowest BCUT2D eigenvalue weighted by atomic mass is 9.91. The molecule has 0 heterocycles. The van der Waals surface area contributed by atoms with E-state index in [0.29, 0.717) is 18.5 Å². The van der Waals surface area contributed by atoms with E-state index in [-0.39, 0.29) is 0 Å². The highest BCUT2D eigenvalue weighted by atomic mass is 19.4. The first-order valence-corrected chi connectivity index (χ1v) is 9.98. The van der Waals surface area contributed by atoms with Crippen molar-refractivity contribution in [3.63, 3.8) is 0 Å². The van der Waals surface area contributed by atoms with Crippen LogP contribution < -0.4 is 10.6 Å². The van der Waals surface area contributed by atoms with Gasteiger partial charge in [0, 0.05) is 0 Å². The molecule has 154 valence electrons. The second-order valence-corrected chi connectivity index (χ2v) is 7.26. The molecule has 0 bridgehead atoms. The maximum atomic E-state index is 12.9. The first kappa shape index (κ1) is 21.3. The fraction of sp³-hybridized carbons (Fsp3) is 0.333. The van der Waals surface area contributed by atoms with Gasteiger partial charge in [0.05, 0.1) is 11.2 Å². The van der Waals surface area contributed by atoms with Crippen molar-refractivity contribution in [3.8, 4) is 0 Å². The Labute approximate surface area is 170 Å². The molecule has 1 unspecified atom stereocenters. The minimum atomic E-state index is -4.30. The van der Waals surface area contributed by atoms with E-state index in [4.69, 9.17) is 0 Å². The number of aryl methyl sites for hydroxylation is 1. The Morgan fingerprint density at radius 2 is 1.62 bits per heavy atom. The molecule has 0 spiro atoms. The zero-order valence-electron chi connectivity index (χ0n) is 16.8. The largest absolute Gasteiger partial charge is 0.416 e. The molecule has 3 rings (SSSR count). The van der Waals surface area contributed by atoms with Gasteiger partial charge < -0.3 is 0 Å². The summed E-state index contributed by atoms with van der Waals surface area (Å²) in [6.07, 6.45) is -2.13. The molecule has 0 fully saturated rings. The number of rotatable bonds is 8. The summed E-state index contributed by atoms with van der Waals surface area (Å²) >= 11 is 0. The summed E-state index contributed by atoms with van der Waals surface area (Å²) in [6, 6.07) is 20.2. The Morgan fingerprint density at radius 3 is 2.34 bits per heavy atom. The van der Waals surface area contributed by atoms with Crippen molar-refractivity contribution >= 4 is 10.8 Å². The van der Waals surface area contributed by atoms with E-state index in [1.165, 1.54) is 28.5 Å². The van der Waals surface area contributed by atoms with Crippen molar-refractivity contribution in [1.29, 1.82) is 0 Å². The molecular formula is C24H27F3N2. The number of nitrogens with one attached hydrogen (secondary N) is 2. The molecule has 1 atom stereocenters. The van der Waals surface area contributed by atoms with E-state index in [1.54, 1.807) is 6.07 Å². The summed E-state index contributed by atoms with van der Waals surface area (Å²) in [5.41, 5.74) is 0.907. The number of benzene rings is 3. The second kappa shape index (κ2) is 8.97. The molecule has 0 aliphatic rings. The molecule has 0 saturated heterocycles. The minimum Gasteiger partial charge on any atom is -0.299 e. The number of halogens is 3. The molecular weight excluding hydrogens is 373 g/mol. The zero-order valence-corrected chi connectivity index (χ0v) is 16.8. The highest BCUT2D eigenvalue weighted by Crippen LogP contribution is 2.31. The van der Waals surface area contributed by atoms with Crippen molar-refractivity contribution < 1.29 is 13.2 Å². The summed E-state index contributed by atoms with van der Waals surface area (Å²) < 4.78 is 38.7. The van der Waals surface area contributed by atoms with Gasteiger partial charge in [0.25, 0.3) is 0 Å². The van der Waals surface area contributed by atoms with E-state index in [0.717, 1.165) is 18.9 Å². The third-order valence-electron chi connectivity index (χ3n) is 5.53. The van der Waals surface area contributed by atoms with Crippen LogP contribution >= 0.6 is 0 Å². The lowest BCUT2D eigenvalue weighted by molar-refractivity contribution is -0.137. The van der Waals surface area contributed by atoms with Crippen molar-refractivity contribution in [2.75, 3.05) is 13.6 Å². The van der Waals surface area contributed by atoms with Gasteiger partial charge in [-0.3, -0.25) is 10.6 Å². The molecule has 0 aliphatic heterocycles. The van der Waals surface area contributed by atoms with Gasteiger partial charge in [-0.15, -0.1) is 0 Å². The van der Waals surface area contributed by atoms with Crippen LogP contribution in [0, 0.1) is 0 Å². The fourth-order valence-electron chi connectivity index (χ4n) is 3.91. The van der Waals surface area contributed by atoms with Crippen molar-refractivity contribution in [2.24, 2.45) is 0 Å². The topological polar surface area (TPSA) is 24.1 Å². The number of hydrogen-bond acceptors (Lipinski definition) is 2. The van der Waals surface area contributed by atoms with E-state index in [9.17, 15) is 13.2 Å². The third-order valence-corrected chi connectivity index (χ3v) is 5.53. The van der Waals surface area contributed by atoms with Gasteiger partial charge in [-0.2, -0.15) is 13.2 Å². The summed E-state index contributed by atoms with van der Waals surface area (Å²) in [5, 5.41) is 9.44. The molecule has 3 aromatic rings. The van der Waals surface area contributed by atoms with E-state index in [1.807, 2.05) is 19.2 Å². The van der Waals surface area contributed by atoms with Crippen LogP contribution in [0.4, 0.5) is 13.2 Å². The highest BCUT2D eigenvalue weighted by molar-refractivity contribution is 5.86. The van der Waals surface area contributed by atoms with Gasteiger partial charge in [0.1, 0.15) is 0 Å². The summed E-state index contributed by atoms with van der Waals surface area (Å²) in [6.45, 7) is 2.81. The smallest absolute Gasteiger partial charge is 0.299 e. The van der Waals surface area contributed by atoms with Crippen LogP contribution in [0.1, 0.15) is 36.5 Å². The Hall–Kier alpha value is -2.37. The van der Waals surface area contributed by atoms with Crippen LogP contribution in [0.5, 0.6) is 0 Å². The molecule has 2 nitrogen and oxygen atoms in total. The molecule has 0 aromatic heterocycles. The Kier molecular flexibility index (Phi) is 6.60. The normalized spacial score (nSPS) is 14.1. The quantitative estimate of drug-likeness (QED) is 0.365. The molecule has 0 radical (unpaired) electrons. The SMILES string of the molecule is CCC(NC)(NCCCc1cccc(C(F)(F)F)c1)c1cccc2ccccc12. The lowest BCUT2D eigenvalue weighted by Gasteiger charge is -2.35. The summed E-state index contributed by atoms with van der Waals surface area (Å²) in [7, 11) is 1.94. The molecule has 0 aliphatic carbocycles. The maximum absolute atomic E-state index is 12.9. The van der Waals surface area contributed by atoms with E-state index >= 15 is 0 Å². The highest BCUT2D eigenvalue weighted by Gasteiger charge is 2.31. The number of alkyl halides is 3. The van der Waals surface area contributed by atoms with Gasteiger partial charge in [-0.1, -0.05) is 67.6 Å². The van der Waals surface area contributed by atoms with Crippen LogP contribution in [-0.2, 0) is 18.3 Å². The predicted molar refractivity (Wildman–Crippen MR) is 113 cm³/mol. The van der Waals surface area contributed by atoms with Gasteiger partial charge in [0.15, 0.2) is 0 Å². The first-order chi connectivity index (χ1) is 13.9. The van der Waals surface area contributed by atoms with Gasteiger partial charge in [-0.25, -0.2) is 0 Å². The lowest BCUT2D eigenvalue weighted by Crippen LogP contribution is -2.52. The van der Waals surface area contributed by atoms with E-state index in [2.05, 4.69) is 47.9 Å². The van der Waals surface area contributed by atoms with Crippen LogP contribution in [0.15, 0.2) is 66.7 Å². The molecule has 0 amide bonds. The van der Waals surface area contributed by atoms with Crippen molar-refractivity contribution in [1.82, 2.24) is 10.6 Å². The summed E-state index contributed by atoms with van der Waals surface area (Å²) in [5.74, 6) is 0. The average molecular weight is 400 g/mol. The van der Waals surface area contributed by atoms with Crippen molar-refractivity contribution in [3.05, 3.63) is 83.4 Å². The second-order valence-electron chi connectivity index (χ2n) is 7.26. The average Bonchev–Trinajstić information content (AvgIpc) is 2.74.